The van der Waals surface area contributed by atoms with E-state index in [9.17, 15) is 15.0 Å². The van der Waals surface area contributed by atoms with Crippen LogP contribution in [-0.2, 0) is 0 Å². The largest absolute Gasteiger partial charge is 0.508 e. The van der Waals surface area contributed by atoms with Crippen LogP contribution in [0.25, 0.3) is 44.5 Å². The zero-order chi connectivity index (χ0) is 19.3. The predicted molar refractivity (Wildman–Crippen MR) is 109 cm³/mol. The van der Waals surface area contributed by atoms with Gasteiger partial charge in [0, 0.05) is 33.8 Å². The molecule has 0 radical (unpaired) electrons. The monoisotopic (exact) mass is 369 g/mol. The SMILES string of the molecule is O=c1ccc2c(c1)oc1c(-c3ccccc3O)cc(-c3cccc(O)c3)[nH]c12. The molecule has 5 aromatic rings. The fraction of sp³-hybridized carbons (Fsp3) is 0. The quantitative estimate of drug-likeness (QED) is 0.408. The molecule has 2 heterocycles. The predicted octanol–water partition coefficient (Wildman–Crippen LogP) is 5.02. The Labute approximate surface area is 159 Å². The van der Waals surface area contributed by atoms with Gasteiger partial charge in [0.05, 0.1) is 5.52 Å². The standard InChI is InChI=1S/C23H15NO4/c25-14-5-3-4-13(10-14)19-12-18(16-6-1-2-7-20(16)27)23-22(24-19)17-9-8-15(26)11-21(17)28-23/h1-12,24-25,27H. The van der Waals surface area contributed by atoms with Crippen LogP contribution < -0.4 is 5.43 Å². The fourth-order valence-electron chi connectivity index (χ4n) is 3.50. The number of phenols is 2. The third-order valence-electron chi connectivity index (χ3n) is 4.81. The maximum atomic E-state index is 11.8. The molecule has 0 saturated heterocycles. The summed E-state index contributed by atoms with van der Waals surface area (Å²) in [6.07, 6.45) is 0. The van der Waals surface area contributed by atoms with Crippen molar-refractivity contribution in [1.82, 2.24) is 4.98 Å². The summed E-state index contributed by atoms with van der Waals surface area (Å²) < 4.78 is 6.00. The van der Waals surface area contributed by atoms with Crippen LogP contribution in [0.2, 0.25) is 0 Å². The van der Waals surface area contributed by atoms with Gasteiger partial charge < -0.3 is 19.6 Å². The molecule has 0 spiro atoms. The Morgan fingerprint density at radius 2 is 1.68 bits per heavy atom. The van der Waals surface area contributed by atoms with E-state index < -0.39 is 0 Å². The molecule has 0 aliphatic rings. The molecule has 2 aromatic heterocycles. The summed E-state index contributed by atoms with van der Waals surface area (Å²) in [6.45, 7) is 0. The summed E-state index contributed by atoms with van der Waals surface area (Å²) in [4.78, 5) is 15.1. The van der Waals surface area contributed by atoms with Gasteiger partial charge in [0.1, 0.15) is 17.1 Å². The molecule has 0 aliphatic heterocycles. The molecular formula is C23H15NO4. The molecule has 5 rings (SSSR count). The molecule has 28 heavy (non-hydrogen) atoms. The minimum atomic E-state index is -0.135. The second-order valence-electron chi connectivity index (χ2n) is 6.63. The van der Waals surface area contributed by atoms with Gasteiger partial charge in [-0.15, -0.1) is 0 Å². The lowest BCUT2D eigenvalue weighted by Gasteiger charge is -2.10. The normalized spacial score (nSPS) is 11.3. The minimum Gasteiger partial charge on any atom is -0.508 e. The first-order valence-electron chi connectivity index (χ1n) is 8.77. The Kier molecular flexibility index (Phi) is 3.49. The number of hydrogen-bond acceptors (Lipinski definition) is 4. The van der Waals surface area contributed by atoms with Gasteiger partial charge in [-0.2, -0.15) is 0 Å². The van der Waals surface area contributed by atoms with Crippen LogP contribution in [0.15, 0.2) is 82.0 Å². The lowest BCUT2D eigenvalue weighted by atomic mass is 10.0. The summed E-state index contributed by atoms with van der Waals surface area (Å²) in [6, 6.07) is 20.5. The molecule has 0 aliphatic carbocycles. The topological polar surface area (TPSA) is 86.5 Å². The summed E-state index contributed by atoms with van der Waals surface area (Å²) in [5.74, 6) is 0.282. The second kappa shape index (κ2) is 6.03. The van der Waals surface area contributed by atoms with Gasteiger partial charge in [0.15, 0.2) is 11.0 Å². The van der Waals surface area contributed by atoms with Crippen LogP contribution in [-0.4, -0.2) is 15.2 Å². The molecule has 0 unspecified atom stereocenters. The van der Waals surface area contributed by atoms with E-state index in [2.05, 4.69) is 4.98 Å². The Morgan fingerprint density at radius 1 is 0.821 bits per heavy atom. The molecule has 0 atom stereocenters. The first-order chi connectivity index (χ1) is 13.6. The van der Waals surface area contributed by atoms with Crippen LogP contribution >= 0.6 is 0 Å². The van der Waals surface area contributed by atoms with Gasteiger partial charge in [-0.1, -0.05) is 30.3 Å². The molecule has 5 heteroatoms. The number of phenolic OH excluding ortho intramolecular Hbond substituents is 2. The molecule has 136 valence electrons. The number of H-pyrrole nitrogens is 1. The average Bonchev–Trinajstić information content (AvgIpc) is 3.05. The van der Waals surface area contributed by atoms with Crippen molar-refractivity contribution in [3.8, 4) is 33.9 Å². The number of nitrogens with one attached hydrogen (secondary N) is 1. The lowest BCUT2D eigenvalue weighted by Crippen LogP contribution is -1.92. The number of pyridine rings is 1. The molecule has 0 fully saturated rings. The van der Waals surface area contributed by atoms with Crippen molar-refractivity contribution >= 4 is 22.1 Å². The number of rotatable bonds is 2. The van der Waals surface area contributed by atoms with E-state index in [-0.39, 0.29) is 16.9 Å². The van der Waals surface area contributed by atoms with Crippen LogP contribution in [0.4, 0.5) is 0 Å². The van der Waals surface area contributed by atoms with Crippen molar-refractivity contribution in [2.24, 2.45) is 0 Å². The average molecular weight is 369 g/mol. The number of aromatic hydroxyl groups is 2. The number of fused-ring (bicyclic) bond motifs is 3. The fourth-order valence-corrected chi connectivity index (χ4v) is 3.50. The smallest absolute Gasteiger partial charge is 0.182 e. The molecule has 0 saturated carbocycles. The first-order valence-corrected chi connectivity index (χ1v) is 8.77. The highest BCUT2D eigenvalue weighted by Gasteiger charge is 2.17. The van der Waals surface area contributed by atoms with Crippen molar-refractivity contribution in [1.29, 1.82) is 0 Å². The zero-order valence-electron chi connectivity index (χ0n) is 14.6. The number of aromatic nitrogens is 1. The summed E-state index contributed by atoms with van der Waals surface area (Å²) in [5, 5.41) is 21.1. The first kappa shape index (κ1) is 16.2. The lowest BCUT2D eigenvalue weighted by molar-refractivity contribution is 0.475. The molecule has 0 bridgehead atoms. The van der Waals surface area contributed by atoms with Crippen molar-refractivity contribution < 1.29 is 14.6 Å². The van der Waals surface area contributed by atoms with E-state index in [1.807, 2.05) is 24.3 Å². The summed E-state index contributed by atoms with van der Waals surface area (Å²) >= 11 is 0. The van der Waals surface area contributed by atoms with Gasteiger partial charge >= 0.3 is 0 Å². The number of aromatic amines is 1. The molecule has 5 nitrogen and oxygen atoms in total. The number of benzene rings is 3. The summed E-state index contributed by atoms with van der Waals surface area (Å²) in [7, 11) is 0. The van der Waals surface area contributed by atoms with Gasteiger partial charge in [-0.3, -0.25) is 4.79 Å². The van der Waals surface area contributed by atoms with E-state index in [4.69, 9.17) is 4.42 Å². The van der Waals surface area contributed by atoms with E-state index in [0.717, 1.165) is 16.6 Å². The Bertz CT molecular complexity index is 1410. The zero-order valence-corrected chi connectivity index (χ0v) is 14.6. The van der Waals surface area contributed by atoms with Crippen molar-refractivity contribution in [2.75, 3.05) is 0 Å². The van der Waals surface area contributed by atoms with Crippen molar-refractivity contribution in [3.05, 3.63) is 83.0 Å². The van der Waals surface area contributed by atoms with E-state index in [1.54, 1.807) is 36.4 Å². The van der Waals surface area contributed by atoms with Crippen molar-refractivity contribution in [2.45, 2.75) is 0 Å². The Hall–Kier alpha value is -3.99. The molecule has 3 aromatic carbocycles. The van der Waals surface area contributed by atoms with E-state index >= 15 is 0 Å². The number of furan rings is 1. The third-order valence-corrected chi connectivity index (χ3v) is 4.81. The second-order valence-corrected chi connectivity index (χ2v) is 6.63. The van der Waals surface area contributed by atoms with Crippen LogP contribution in [0.1, 0.15) is 0 Å². The molecule has 0 amide bonds. The third kappa shape index (κ3) is 2.53. The summed E-state index contributed by atoms with van der Waals surface area (Å²) in [5.41, 5.74) is 4.44. The highest BCUT2D eigenvalue weighted by atomic mass is 16.3. The van der Waals surface area contributed by atoms with E-state index in [1.165, 1.54) is 12.1 Å². The Morgan fingerprint density at radius 3 is 2.50 bits per heavy atom. The molecule has 3 N–H and O–H groups in total. The maximum absolute atomic E-state index is 11.8. The number of para-hydroxylation sites is 1. The van der Waals surface area contributed by atoms with Gasteiger partial charge in [0.2, 0.25) is 0 Å². The highest BCUT2D eigenvalue weighted by molar-refractivity contribution is 6.08. The Balaban J connectivity index is 1.92. The van der Waals surface area contributed by atoms with Gasteiger partial charge in [-0.25, -0.2) is 0 Å². The minimum absolute atomic E-state index is 0.127. The van der Waals surface area contributed by atoms with Crippen LogP contribution in [0.5, 0.6) is 11.5 Å². The number of hydrogen-bond donors (Lipinski definition) is 3. The maximum Gasteiger partial charge on any atom is 0.182 e. The van der Waals surface area contributed by atoms with Crippen LogP contribution in [0.3, 0.4) is 0 Å². The van der Waals surface area contributed by atoms with Gasteiger partial charge in [0.25, 0.3) is 0 Å². The molecular weight excluding hydrogens is 354 g/mol. The van der Waals surface area contributed by atoms with Crippen LogP contribution in [0, 0.1) is 0 Å². The van der Waals surface area contributed by atoms with Gasteiger partial charge in [-0.05, 0) is 36.4 Å². The van der Waals surface area contributed by atoms with E-state index in [0.29, 0.717) is 27.8 Å². The van der Waals surface area contributed by atoms with Crippen molar-refractivity contribution in [3.63, 3.8) is 0 Å². The highest BCUT2D eigenvalue weighted by Crippen LogP contribution is 2.40.